The molecule has 7 nitrogen and oxygen atoms in total. The molecule has 0 aromatic heterocycles. The van der Waals surface area contributed by atoms with E-state index in [9.17, 15) is 4.79 Å². The summed E-state index contributed by atoms with van der Waals surface area (Å²) < 4.78 is 16.3. The van der Waals surface area contributed by atoms with Gasteiger partial charge in [0.25, 0.3) is 0 Å². The quantitative estimate of drug-likeness (QED) is 0.701. The molecule has 2 heterocycles. The van der Waals surface area contributed by atoms with Gasteiger partial charge in [-0.05, 0) is 48.2 Å². The Morgan fingerprint density at radius 1 is 1.16 bits per heavy atom. The third kappa shape index (κ3) is 4.87. The second-order valence-electron chi connectivity index (χ2n) is 7.75. The molecule has 2 aromatic rings. The average molecular weight is 424 g/mol. The molecule has 2 aliphatic heterocycles. The van der Waals surface area contributed by atoms with E-state index in [1.165, 1.54) is 11.1 Å². The van der Waals surface area contributed by atoms with E-state index >= 15 is 0 Å². The minimum absolute atomic E-state index is 0.189. The Kier molecular flexibility index (Phi) is 6.50. The Bertz CT molecular complexity index is 929. The lowest BCUT2D eigenvalue weighted by Gasteiger charge is -2.23. The van der Waals surface area contributed by atoms with Crippen LogP contribution in [0, 0.1) is 0 Å². The number of benzene rings is 2. The van der Waals surface area contributed by atoms with Crippen molar-refractivity contribution in [1.82, 2.24) is 15.5 Å². The summed E-state index contributed by atoms with van der Waals surface area (Å²) in [5, 5.41) is 5.61. The third-order valence-electron chi connectivity index (χ3n) is 5.72. The van der Waals surface area contributed by atoms with E-state index in [2.05, 4.69) is 39.8 Å². The molecule has 1 saturated heterocycles. The van der Waals surface area contributed by atoms with Crippen LogP contribution < -0.4 is 24.8 Å². The molecular weight excluding hydrogens is 394 g/mol. The van der Waals surface area contributed by atoms with Gasteiger partial charge in [0, 0.05) is 31.4 Å². The van der Waals surface area contributed by atoms with Crippen LogP contribution >= 0.6 is 0 Å². The number of rotatable bonds is 7. The van der Waals surface area contributed by atoms with Gasteiger partial charge in [-0.25, -0.2) is 4.79 Å². The number of carbonyl (C=O) groups is 1. The predicted octanol–water partition coefficient (Wildman–Crippen LogP) is 4.13. The van der Waals surface area contributed by atoms with Crippen molar-refractivity contribution in [2.45, 2.75) is 31.7 Å². The van der Waals surface area contributed by atoms with Gasteiger partial charge in [0.2, 0.25) is 6.79 Å². The van der Waals surface area contributed by atoms with Gasteiger partial charge < -0.3 is 29.7 Å². The van der Waals surface area contributed by atoms with Gasteiger partial charge in [0.15, 0.2) is 11.5 Å². The second-order valence-corrected chi connectivity index (χ2v) is 7.75. The molecule has 0 radical (unpaired) electrons. The number of ether oxygens (including phenoxy) is 3. The molecule has 2 atom stereocenters. The smallest absolute Gasteiger partial charge is 0.318 e. The minimum Gasteiger partial charge on any atom is -0.497 e. The van der Waals surface area contributed by atoms with Crippen molar-refractivity contribution >= 4 is 6.03 Å². The largest absolute Gasteiger partial charge is 0.497 e. The van der Waals surface area contributed by atoms with E-state index in [-0.39, 0.29) is 18.9 Å². The van der Waals surface area contributed by atoms with Crippen molar-refractivity contribution in [3.63, 3.8) is 0 Å². The molecule has 2 N–H and O–H groups in total. The fraction of sp³-hybridized carbons (Fsp3) is 0.375. The number of likely N-dealkylation sites (tertiary alicyclic amines) is 1. The lowest BCUT2D eigenvalue weighted by atomic mass is 9.93. The first kappa shape index (κ1) is 20.9. The first-order valence-electron chi connectivity index (χ1n) is 10.7. The van der Waals surface area contributed by atoms with Gasteiger partial charge in [0.1, 0.15) is 5.75 Å². The van der Waals surface area contributed by atoms with Crippen molar-refractivity contribution < 1.29 is 19.0 Å². The van der Waals surface area contributed by atoms with Crippen LogP contribution in [0.15, 0.2) is 54.9 Å². The maximum absolute atomic E-state index is 11.9. The highest BCUT2D eigenvalue weighted by molar-refractivity contribution is 5.74. The van der Waals surface area contributed by atoms with E-state index < -0.39 is 0 Å². The van der Waals surface area contributed by atoms with Crippen LogP contribution in [0.1, 0.15) is 42.9 Å². The van der Waals surface area contributed by atoms with Crippen molar-refractivity contribution in [3.05, 3.63) is 66.0 Å². The van der Waals surface area contributed by atoms with Crippen molar-refractivity contribution in [1.29, 1.82) is 0 Å². The number of carbonyl (C=O) groups excluding carboxylic acids is 1. The van der Waals surface area contributed by atoms with Crippen LogP contribution in [0.4, 0.5) is 4.79 Å². The van der Waals surface area contributed by atoms with Crippen LogP contribution in [0.5, 0.6) is 17.2 Å². The molecule has 2 aliphatic rings. The summed E-state index contributed by atoms with van der Waals surface area (Å²) in [5.41, 5.74) is 2.44. The Morgan fingerprint density at radius 2 is 1.94 bits per heavy atom. The molecule has 4 rings (SSSR count). The maximum atomic E-state index is 11.9. The average Bonchev–Trinajstić information content (AvgIpc) is 3.44. The van der Waals surface area contributed by atoms with E-state index in [0.29, 0.717) is 12.5 Å². The van der Waals surface area contributed by atoms with Gasteiger partial charge in [-0.15, -0.1) is 0 Å². The molecule has 164 valence electrons. The van der Waals surface area contributed by atoms with Gasteiger partial charge in [0.05, 0.1) is 13.2 Å². The monoisotopic (exact) mass is 423 g/mol. The van der Waals surface area contributed by atoms with Crippen molar-refractivity contribution in [2.24, 2.45) is 0 Å². The standard InChI is InChI=1S/C24H29N3O4/c1-3-10-25-24(28)26-11-12-27-15-19(18-6-9-22-23(14-18)31-16-30-22)13-21(27)17-4-7-20(29-2)8-5-17/h4-9,11-12,14,19,21H,3,10,13,15-16H2,1-2H3,(H2,25,26,28). The van der Waals surface area contributed by atoms with E-state index in [1.54, 1.807) is 13.3 Å². The van der Waals surface area contributed by atoms with Gasteiger partial charge >= 0.3 is 6.03 Å². The fourth-order valence-corrected chi connectivity index (χ4v) is 4.09. The number of nitrogens with one attached hydrogen (secondary N) is 2. The number of amides is 2. The SMILES string of the molecule is CCCNC(=O)NC=CN1CC(c2ccc3c(c2)OCO3)CC1c1ccc(OC)cc1. The number of urea groups is 1. The van der Waals surface area contributed by atoms with Crippen LogP contribution in [0.3, 0.4) is 0 Å². The zero-order chi connectivity index (χ0) is 21.6. The normalized spacial score (nSPS) is 19.6. The lowest BCUT2D eigenvalue weighted by Crippen LogP contribution is -2.33. The molecule has 0 saturated carbocycles. The molecule has 2 aromatic carbocycles. The maximum Gasteiger partial charge on any atom is 0.318 e. The summed E-state index contributed by atoms with van der Waals surface area (Å²) in [4.78, 5) is 14.1. The van der Waals surface area contributed by atoms with Crippen LogP contribution in [0.25, 0.3) is 0 Å². The highest BCUT2D eigenvalue weighted by Crippen LogP contribution is 2.43. The molecule has 0 spiro atoms. The zero-order valence-electron chi connectivity index (χ0n) is 18.0. The molecule has 7 heteroatoms. The lowest BCUT2D eigenvalue weighted by molar-refractivity contribution is 0.174. The Labute approximate surface area is 183 Å². The predicted molar refractivity (Wildman–Crippen MR) is 118 cm³/mol. The van der Waals surface area contributed by atoms with E-state index in [4.69, 9.17) is 14.2 Å². The molecule has 0 aliphatic carbocycles. The molecule has 0 bridgehead atoms. The van der Waals surface area contributed by atoms with Crippen LogP contribution in [-0.2, 0) is 0 Å². The highest BCUT2D eigenvalue weighted by Gasteiger charge is 2.33. The van der Waals surface area contributed by atoms with Crippen molar-refractivity contribution in [3.8, 4) is 17.2 Å². The topological polar surface area (TPSA) is 72.1 Å². The summed E-state index contributed by atoms with van der Waals surface area (Å²) in [6.45, 7) is 3.80. The highest BCUT2D eigenvalue weighted by atomic mass is 16.7. The first-order chi connectivity index (χ1) is 15.2. The van der Waals surface area contributed by atoms with Gasteiger partial charge in [-0.2, -0.15) is 0 Å². The molecular formula is C24H29N3O4. The third-order valence-corrected chi connectivity index (χ3v) is 5.72. The number of hydrogen-bond donors (Lipinski definition) is 2. The summed E-state index contributed by atoms with van der Waals surface area (Å²) in [5.74, 6) is 2.78. The van der Waals surface area contributed by atoms with Gasteiger partial charge in [-0.1, -0.05) is 25.1 Å². The van der Waals surface area contributed by atoms with Crippen LogP contribution in [0.2, 0.25) is 0 Å². The summed E-state index contributed by atoms with van der Waals surface area (Å²) in [6, 6.07) is 14.4. The zero-order valence-corrected chi connectivity index (χ0v) is 18.0. The molecule has 2 amide bonds. The van der Waals surface area contributed by atoms with Gasteiger partial charge in [-0.3, -0.25) is 0 Å². The van der Waals surface area contributed by atoms with E-state index in [1.807, 2.05) is 31.3 Å². The van der Waals surface area contributed by atoms with Crippen molar-refractivity contribution in [2.75, 3.05) is 27.0 Å². The molecule has 2 unspecified atom stereocenters. The number of methoxy groups -OCH3 is 1. The first-order valence-corrected chi connectivity index (χ1v) is 10.7. The summed E-state index contributed by atoms with van der Waals surface area (Å²) in [6.07, 6.45) is 5.54. The fourth-order valence-electron chi connectivity index (χ4n) is 4.09. The van der Waals surface area contributed by atoms with Crippen LogP contribution in [-0.4, -0.2) is 37.9 Å². The molecule has 1 fully saturated rings. The Morgan fingerprint density at radius 3 is 2.71 bits per heavy atom. The molecule has 31 heavy (non-hydrogen) atoms. The minimum atomic E-state index is -0.189. The number of fused-ring (bicyclic) bond motifs is 1. The number of nitrogens with zero attached hydrogens (tertiary/aromatic N) is 1. The summed E-state index contributed by atoms with van der Waals surface area (Å²) in [7, 11) is 1.67. The number of hydrogen-bond acceptors (Lipinski definition) is 5. The second kappa shape index (κ2) is 9.64. The van der Waals surface area contributed by atoms with E-state index in [0.717, 1.165) is 36.6 Å². The summed E-state index contributed by atoms with van der Waals surface area (Å²) >= 11 is 0. The Balaban J connectivity index is 1.51. The Hall–Kier alpha value is -3.35.